The molecule has 0 radical (unpaired) electrons. The molecule has 0 aliphatic carbocycles. The topological polar surface area (TPSA) is 55.1 Å². The molecule has 23 heavy (non-hydrogen) atoms. The van der Waals surface area contributed by atoms with E-state index in [1.165, 1.54) is 11.3 Å². The fourth-order valence-corrected chi connectivity index (χ4v) is 3.11. The average molecular weight is 342 g/mol. The van der Waals surface area contributed by atoms with Crippen molar-refractivity contribution in [1.29, 1.82) is 0 Å². The molecule has 0 aliphatic rings. The van der Waals surface area contributed by atoms with Crippen molar-refractivity contribution in [2.45, 2.75) is 6.54 Å². The molecular weight excluding hydrogens is 330 g/mol. The van der Waals surface area contributed by atoms with Gasteiger partial charge < -0.3 is 5.32 Å². The van der Waals surface area contributed by atoms with Crippen molar-refractivity contribution < 1.29 is 0 Å². The summed E-state index contributed by atoms with van der Waals surface area (Å²) < 4.78 is 1.79. The smallest absolute Gasteiger partial charge is 0.214 e. The van der Waals surface area contributed by atoms with E-state index in [0.29, 0.717) is 6.54 Å². The Kier molecular flexibility index (Phi) is 3.69. The molecule has 0 saturated carbocycles. The standard InChI is InChI=1S/C16H12ClN5S/c17-13-5-3-12(4-6-13)14-10-22-16(20-14)23-15(21-22)19-9-11-2-1-7-18-8-11/h1-8,10H,9H2,(H,19,21). The van der Waals surface area contributed by atoms with Crippen LogP contribution in [-0.4, -0.2) is 19.6 Å². The molecule has 0 aliphatic heterocycles. The first kappa shape index (κ1) is 14.2. The van der Waals surface area contributed by atoms with Crippen LogP contribution in [0.4, 0.5) is 5.13 Å². The van der Waals surface area contributed by atoms with E-state index in [4.69, 9.17) is 11.6 Å². The number of nitrogens with one attached hydrogen (secondary N) is 1. The number of hydrogen-bond acceptors (Lipinski definition) is 5. The maximum Gasteiger partial charge on any atom is 0.214 e. The summed E-state index contributed by atoms with van der Waals surface area (Å²) >= 11 is 7.43. The lowest BCUT2D eigenvalue weighted by molar-refractivity contribution is 0.961. The first-order valence-electron chi connectivity index (χ1n) is 7.03. The van der Waals surface area contributed by atoms with E-state index in [1.807, 2.05) is 48.8 Å². The SMILES string of the molecule is Clc1ccc(-c2cn3nc(NCc4cccnc4)sc3n2)cc1. The normalized spacial score (nSPS) is 11.0. The molecule has 0 unspecified atom stereocenters. The van der Waals surface area contributed by atoms with Gasteiger partial charge in [0.15, 0.2) is 0 Å². The molecule has 0 spiro atoms. The molecule has 1 aromatic carbocycles. The van der Waals surface area contributed by atoms with E-state index >= 15 is 0 Å². The minimum atomic E-state index is 0.689. The van der Waals surface area contributed by atoms with E-state index in [9.17, 15) is 0 Å². The van der Waals surface area contributed by atoms with Crippen LogP contribution in [-0.2, 0) is 6.54 Å². The molecule has 0 bridgehead atoms. The molecule has 0 saturated heterocycles. The van der Waals surface area contributed by atoms with Gasteiger partial charge >= 0.3 is 0 Å². The third-order valence-electron chi connectivity index (χ3n) is 3.35. The fraction of sp³-hybridized carbons (Fsp3) is 0.0625. The molecule has 3 aromatic heterocycles. The predicted octanol–water partition coefficient (Wildman–Crippen LogP) is 4.12. The summed E-state index contributed by atoms with van der Waals surface area (Å²) in [5, 5.41) is 9.35. The molecule has 0 atom stereocenters. The minimum absolute atomic E-state index is 0.689. The van der Waals surface area contributed by atoms with Gasteiger partial charge in [0.05, 0.1) is 11.9 Å². The highest BCUT2D eigenvalue weighted by Crippen LogP contribution is 2.25. The molecule has 4 aromatic rings. The second-order valence-corrected chi connectivity index (χ2v) is 6.37. The molecule has 114 valence electrons. The van der Waals surface area contributed by atoms with Crippen LogP contribution in [0, 0.1) is 0 Å². The number of aromatic nitrogens is 4. The third kappa shape index (κ3) is 3.04. The van der Waals surface area contributed by atoms with Gasteiger partial charge in [-0.05, 0) is 23.8 Å². The van der Waals surface area contributed by atoms with E-state index in [1.54, 1.807) is 10.7 Å². The Labute approximate surface area is 141 Å². The van der Waals surface area contributed by atoms with Crippen molar-refractivity contribution in [2.75, 3.05) is 5.32 Å². The number of rotatable bonds is 4. The van der Waals surface area contributed by atoms with Crippen molar-refractivity contribution in [1.82, 2.24) is 19.6 Å². The number of fused-ring (bicyclic) bond motifs is 1. The van der Waals surface area contributed by atoms with Crippen molar-refractivity contribution in [3.63, 3.8) is 0 Å². The second kappa shape index (κ2) is 5.98. The summed E-state index contributed by atoms with van der Waals surface area (Å²) in [6, 6.07) is 11.6. The Morgan fingerprint density at radius 3 is 2.78 bits per heavy atom. The highest BCUT2D eigenvalue weighted by Gasteiger charge is 2.09. The van der Waals surface area contributed by atoms with Gasteiger partial charge in [-0.1, -0.05) is 41.1 Å². The summed E-state index contributed by atoms with van der Waals surface area (Å²) in [6.07, 6.45) is 5.52. The van der Waals surface area contributed by atoms with E-state index in [2.05, 4.69) is 20.4 Å². The lowest BCUT2D eigenvalue weighted by atomic mass is 10.2. The van der Waals surface area contributed by atoms with Gasteiger partial charge in [0.25, 0.3) is 0 Å². The minimum Gasteiger partial charge on any atom is -0.356 e. The molecule has 0 fully saturated rings. The van der Waals surface area contributed by atoms with Gasteiger partial charge in [-0.3, -0.25) is 4.98 Å². The highest BCUT2D eigenvalue weighted by molar-refractivity contribution is 7.20. The number of anilines is 1. The Hall–Kier alpha value is -2.44. The Morgan fingerprint density at radius 1 is 1.17 bits per heavy atom. The van der Waals surface area contributed by atoms with Gasteiger partial charge in [-0.15, -0.1) is 5.10 Å². The highest BCUT2D eigenvalue weighted by atomic mass is 35.5. The number of benzene rings is 1. The van der Waals surface area contributed by atoms with Crippen LogP contribution in [0.1, 0.15) is 5.56 Å². The predicted molar refractivity (Wildman–Crippen MR) is 92.9 cm³/mol. The van der Waals surface area contributed by atoms with Crippen LogP contribution in [0.2, 0.25) is 5.02 Å². The molecule has 0 amide bonds. The monoisotopic (exact) mass is 341 g/mol. The number of pyridine rings is 1. The first-order chi connectivity index (χ1) is 11.3. The van der Waals surface area contributed by atoms with Gasteiger partial charge in [-0.25, -0.2) is 9.50 Å². The number of halogens is 1. The van der Waals surface area contributed by atoms with Crippen LogP contribution < -0.4 is 5.32 Å². The molecule has 7 heteroatoms. The largest absolute Gasteiger partial charge is 0.356 e. The lowest BCUT2D eigenvalue weighted by Gasteiger charge is -2.00. The number of hydrogen-bond donors (Lipinski definition) is 1. The number of nitrogens with zero attached hydrogens (tertiary/aromatic N) is 4. The Bertz CT molecular complexity index is 899. The molecule has 5 nitrogen and oxygen atoms in total. The van der Waals surface area contributed by atoms with Crippen molar-refractivity contribution in [3.05, 3.63) is 65.6 Å². The zero-order valence-corrected chi connectivity index (χ0v) is 13.6. The second-order valence-electron chi connectivity index (χ2n) is 4.98. The summed E-state index contributed by atoms with van der Waals surface area (Å²) in [4.78, 5) is 9.56. The van der Waals surface area contributed by atoms with E-state index in [-0.39, 0.29) is 0 Å². The van der Waals surface area contributed by atoms with Crippen molar-refractivity contribution in [2.24, 2.45) is 0 Å². The number of imidazole rings is 1. The Morgan fingerprint density at radius 2 is 2.04 bits per heavy atom. The van der Waals surface area contributed by atoms with Gasteiger partial charge in [0.1, 0.15) is 0 Å². The molecular formula is C16H12ClN5S. The summed E-state index contributed by atoms with van der Waals surface area (Å²) in [5.74, 6) is 0. The lowest BCUT2D eigenvalue weighted by Crippen LogP contribution is -1.99. The van der Waals surface area contributed by atoms with Crippen LogP contribution in [0.25, 0.3) is 16.2 Å². The zero-order chi connectivity index (χ0) is 15.6. The van der Waals surface area contributed by atoms with Crippen LogP contribution in [0.15, 0.2) is 55.0 Å². The molecule has 1 N–H and O–H groups in total. The summed E-state index contributed by atoms with van der Waals surface area (Å²) in [7, 11) is 0. The van der Waals surface area contributed by atoms with Gasteiger partial charge in [-0.2, -0.15) is 0 Å². The van der Waals surface area contributed by atoms with Crippen molar-refractivity contribution >= 4 is 33.0 Å². The van der Waals surface area contributed by atoms with Crippen molar-refractivity contribution in [3.8, 4) is 11.3 Å². The van der Waals surface area contributed by atoms with Gasteiger partial charge in [0.2, 0.25) is 10.1 Å². The van der Waals surface area contributed by atoms with Crippen LogP contribution >= 0.6 is 22.9 Å². The van der Waals surface area contributed by atoms with E-state index in [0.717, 1.165) is 31.9 Å². The average Bonchev–Trinajstić information content (AvgIpc) is 3.13. The first-order valence-corrected chi connectivity index (χ1v) is 8.22. The van der Waals surface area contributed by atoms with Gasteiger partial charge in [0, 0.05) is 29.5 Å². The zero-order valence-electron chi connectivity index (χ0n) is 12.0. The summed E-state index contributed by atoms with van der Waals surface area (Å²) in [6.45, 7) is 0.689. The third-order valence-corrected chi connectivity index (χ3v) is 4.48. The fourth-order valence-electron chi connectivity index (χ4n) is 2.21. The van der Waals surface area contributed by atoms with E-state index < -0.39 is 0 Å². The molecule has 4 rings (SSSR count). The maximum absolute atomic E-state index is 5.91. The van der Waals surface area contributed by atoms with Crippen LogP contribution in [0.5, 0.6) is 0 Å². The molecule has 3 heterocycles. The van der Waals surface area contributed by atoms with Crippen LogP contribution in [0.3, 0.4) is 0 Å². The maximum atomic E-state index is 5.91. The quantitative estimate of drug-likeness (QED) is 0.606. The Balaban J connectivity index is 1.53. The summed E-state index contributed by atoms with van der Waals surface area (Å²) in [5.41, 5.74) is 3.03.